The molecule has 18 heavy (non-hydrogen) atoms. The predicted octanol–water partition coefficient (Wildman–Crippen LogP) is 5.24. The minimum absolute atomic E-state index is 0.562. The first kappa shape index (κ1) is 13.8. The third-order valence-electron chi connectivity index (χ3n) is 2.01. The van der Waals surface area contributed by atoms with E-state index in [0.717, 1.165) is 22.2 Å². The zero-order valence-electron chi connectivity index (χ0n) is 9.03. The number of benzene rings is 1. The lowest BCUT2D eigenvalue weighted by Gasteiger charge is -2.04. The first-order valence-electron chi connectivity index (χ1n) is 4.89. The molecular weight excluding hydrogens is 299 g/mol. The van der Waals surface area contributed by atoms with Crippen LogP contribution in [0, 0.1) is 0 Å². The molecule has 7 heteroatoms. The van der Waals surface area contributed by atoms with Gasteiger partial charge in [0.05, 0.1) is 15.8 Å². The van der Waals surface area contributed by atoms with E-state index < -0.39 is 11.7 Å². The zero-order chi connectivity index (χ0) is 13.2. The summed E-state index contributed by atoms with van der Waals surface area (Å²) in [5.74, 6) is 0.772. The van der Waals surface area contributed by atoms with Crippen LogP contribution in [-0.4, -0.2) is 10.7 Å². The van der Waals surface area contributed by atoms with Gasteiger partial charge in [-0.1, -0.05) is 16.9 Å². The van der Waals surface area contributed by atoms with Crippen LogP contribution in [0.5, 0.6) is 0 Å². The zero-order valence-corrected chi connectivity index (χ0v) is 11.5. The van der Waals surface area contributed by atoms with E-state index in [4.69, 9.17) is 0 Å². The molecule has 0 aliphatic rings. The average molecular weight is 307 g/mol. The van der Waals surface area contributed by atoms with Crippen LogP contribution < -0.4 is 0 Å². The maximum absolute atomic E-state index is 12.5. The van der Waals surface area contributed by atoms with Crippen LogP contribution in [0.3, 0.4) is 0 Å². The SMILES string of the molecule is C=CCSSc1nc2ccc(C(F)(F)F)cc2s1. The van der Waals surface area contributed by atoms with Crippen molar-refractivity contribution in [1.29, 1.82) is 0 Å². The monoisotopic (exact) mass is 307 g/mol. The number of nitrogens with zero attached hydrogens (tertiary/aromatic N) is 1. The summed E-state index contributed by atoms with van der Waals surface area (Å²) in [6.07, 6.45) is -2.53. The molecule has 2 aromatic rings. The second-order valence-electron chi connectivity index (χ2n) is 3.32. The molecule has 0 N–H and O–H groups in total. The molecular formula is C11H8F3NS3. The number of halogens is 3. The number of aromatic nitrogens is 1. The van der Waals surface area contributed by atoms with E-state index in [9.17, 15) is 13.2 Å². The smallest absolute Gasteiger partial charge is 0.229 e. The summed E-state index contributed by atoms with van der Waals surface area (Å²) in [4.78, 5) is 4.27. The molecule has 2 rings (SSSR count). The molecule has 0 radical (unpaired) electrons. The maximum atomic E-state index is 12.5. The first-order chi connectivity index (χ1) is 8.50. The standard InChI is InChI=1S/C11H8F3NS3/c1-2-5-16-18-10-15-8-4-3-7(11(12,13)14)6-9(8)17-10/h2-4,6H,1,5H2. The normalized spacial score (nSPS) is 11.9. The first-order valence-corrected chi connectivity index (χ1v) is 8.02. The molecule has 0 aliphatic carbocycles. The van der Waals surface area contributed by atoms with E-state index in [1.807, 2.05) is 0 Å². The fourth-order valence-electron chi connectivity index (χ4n) is 1.25. The molecule has 1 heterocycles. The van der Waals surface area contributed by atoms with Crippen molar-refractivity contribution in [2.75, 3.05) is 5.75 Å². The van der Waals surface area contributed by atoms with Gasteiger partial charge in [0.1, 0.15) is 0 Å². The fraction of sp³-hybridized carbons (Fsp3) is 0.182. The van der Waals surface area contributed by atoms with Gasteiger partial charge in [0.25, 0.3) is 0 Å². The van der Waals surface area contributed by atoms with Gasteiger partial charge in [0.2, 0.25) is 0 Å². The van der Waals surface area contributed by atoms with Crippen LogP contribution in [0.1, 0.15) is 5.56 Å². The van der Waals surface area contributed by atoms with E-state index in [1.165, 1.54) is 28.2 Å². The molecule has 0 atom stereocenters. The molecule has 0 bridgehead atoms. The lowest BCUT2D eigenvalue weighted by Crippen LogP contribution is -2.03. The largest absolute Gasteiger partial charge is 0.416 e. The Morgan fingerprint density at radius 1 is 1.39 bits per heavy atom. The molecule has 0 fully saturated rings. The Balaban J connectivity index is 2.25. The number of hydrogen-bond acceptors (Lipinski definition) is 4. The van der Waals surface area contributed by atoms with E-state index in [0.29, 0.717) is 10.2 Å². The number of alkyl halides is 3. The van der Waals surface area contributed by atoms with Crippen molar-refractivity contribution in [1.82, 2.24) is 4.98 Å². The molecule has 0 spiro atoms. The Hall–Kier alpha value is -0.660. The highest BCUT2D eigenvalue weighted by Gasteiger charge is 2.30. The Kier molecular flexibility index (Phi) is 4.24. The summed E-state index contributed by atoms with van der Waals surface area (Å²) >= 11 is 1.27. The molecule has 96 valence electrons. The van der Waals surface area contributed by atoms with Gasteiger partial charge in [-0.15, -0.1) is 17.9 Å². The van der Waals surface area contributed by atoms with Gasteiger partial charge in [-0.25, -0.2) is 4.98 Å². The van der Waals surface area contributed by atoms with Crippen molar-refractivity contribution in [2.45, 2.75) is 10.5 Å². The van der Waals surface area contributed by atoms with Crippen LogP contribution in [0.15, 0.2) is 35.2 Å². The molecule has 0 saturated carbocycles. The molecule has 0 saturated heterocycles. The molecule has 0 amide bonds. The average Bonchev–Trinajstić information content (AvgIpc) is 2.69. The summed E-state index contributed by atoms with van der Waals surface area (Å²) in [7, 11) is 3.01. The Morgan fingerprint density at radius 2 is 2.17 bits per heavy atom. The molecule has 1 nitrogen and oxygen atoms in total. The number of hydrogen-bond donors (Lipinski definition) is 0. The molecule has 0 aliphatic heterocycles. The van der Waals surface area contributed by atoms with Crippen molar-refractivity contribution in [2.24, 2.45) is 0 Å². The van der Waals surface area contributed by atoms with Gasteiger partial charge in [0.15, 0.2) is 4.34 Å². The fourth-order valence-corrected chi connectivity index (χ4v) is 4.44. The van der Waals surface area contributed by atoms with E-state index in [2.05, 4.69) is 11.6 Å². The highest BCUT2D eigenvalue weighted by molar-refractivity contribution is 8.77. The van der Waals surface area contributed by atoms with Crippen molar-refractivity contribution < 1.29 is 13.2 Å². The lowest BCUT2D eigenvalue weighted by atomic mass is 10.2. The topological polar surface area (TPSA) is 12.9 Å². The molecule has 0 unspecified atom stereocenters. The third-order valence-corrected chi connectivity index (χ3v) is 5.60. The van der Waals surface area contributed by atoms with Crippen LogP contribution in [-0.2, 0) is 6.18 Å². The van der Waals surface area contributed by atoms with Crippen LogP contribution in [0.25, 0.3) is 10.2 Å². The van der Waals surface area contributed by atoms with Gasteiger partial charge in [-0.05, 0) is 29.0 Å². The Bertz CT molecular complexity index is 562. The van der Waals surface area contributed by atoms with Crippen LogP contribution in [0.4, 0.5) is 13.2 Å². The summed E-state index contributed by atoms with van der Waals surface area (Å²) in [6.45, 7) is 3.60. The summed E-state index contributed by atoms with van der Waals surface area (Å²) in [6, 6.07) is 3.62. The van der Waals surface area contributed by atoms with Gasteiger partial charge >= 0.3 is 6.18 Å². The van der Waals surface area contributed by atoms with Crippen molar-refractivity contribution in [3.05, 3.63) is 36.4 Å². The highest BCUT2D eigenvalue weighted by atomic mass is 33.1. The second-order valence-corrected chi connectivity index (χ2v) is 6.94. The van der Waals surface area contributed by atoms with Crippen molar-refractivity contribution in [3.8, 4) is 0 Å². The predicted molar refractivity (Wildman–Crippen MR) is 73.1 cm³/mol. The number of thiazole rings is 1. The third kappa shape index (κ3) is 3.21. The van der Waals surface area contributed by atoms with Gasteiger partial charge in [0, 0.05) is 5.75 Å². The summed E-state index contributed by atoms with van der Waals surface area (Å²) < 4.78 is 38.9. The quantitative estimate of drug-likeness (QED) is 0.435. The van der Waals surface area contributed by atoms with Gasteiger partial charge in [-0.2, -0.15) is 13.2 Å². The summed E-state index contributed by atoms with van der Waals surface area (Å²) in [5, 5.41) is 0. The van der Waals surface area contributed by atoms with E-state index in [-0.39, 0.29) is 0 Å². The van der Waals surface area contributed by atoms with Gasteiger partial charge < -0.3 is 0 Å². The lowest BCUT2D eigenvalue weighted by molar-refractivity contribution is -0.137. The van der Waals surface area contributed by atoms with Crippen LogP contribution in [0.2, 0.25) is 0 Å². The number of rotatable bonds is 4. The Labute approximate surface area is 114 Å². The van der Waals surface area contributed by atoms with Crippen molar-refractivity contribution in [3.63, 3.8) is 0 Å². The molecule has 1 aromatic carbocycles. The van der Waals surface area contributed by atoms with E-state index >= 15 is 0 Å². The second kappa shape index (κ2) is 5.54. The minimum atomic E-state index is -4.30. The Morgan fingerprint density at radius 3 is 2.83 bits per heavy atom. The van der Waals surface area contributed by atoms with Crippen LogP contribution >= 0.6 is 32.9 Å². The van der Waals surface area contributed by atoms with Gasteiger partial charge in [-0.3, -0.25) is 0 Å². The minimum Gasteiger partial charge on any atom is -0.229 e. The molecule has 1 aromatic heterocycles. The summed E-state index contributed by atoms with van der Waals surface area (Å²) in [5.41, 5.74) is -0.0244. The maximum Gasteiger partial charge on any atom is 0.416 e. The van der Waals surface area contributed by atoms with Crippen molar-refractivity contribution >= 4 is 43.1 Å². The van der Waals surface area contributed by atoms with E-state index in [1.54, 1.807) is 16.9 Å². The number of fused-ring (bicyclic) bond motifs is 1. The highest BCUT2D eigenvalue weighted by Crippen LogP contribution is 2.38.